The fraction of sp³-hybridized carbons (Fsp3) is 0.0667. The molecule has 1 unspecified atom stereocenters. The van der Waals surface area contributed by atoms with E-state index >= 15 is 0 Å². The standard InChI is InChI=1S/C15H11NO3S/c17-16(18)12-8-9-14(11-5-2-1-3-6-11)20-15(12)13-7-4-10-19-13/h1-10,15H. The fourth-order valence-corrected chi connectivity index (χ4v) is 3.25. The molecule has 0 bridgehead atoms. The second-order valence-corrected chi connectivity index (χ2v) is 5.41. The van der Waals surface area contributed by atoms with E-state index in [1.165, 1.54) is 18.0 Å². The van der Waals surface area contributed by atoms with E-state index in [0.717, 1.165) is 10.5 Å². The van der Waals surface area contributed by atoms with E-state index < -0.39 is 5.25 Å². The van der Waals surface area contributed by atoms with Crippen LogP contribution in [0.15, 0.2) is 71.0 Å². The Morgan fingerprint density at radius 2 is 1.90 bits per heavy atom. The zero-order valence-corrected chi connectivity index (χ0v) is 11.2. The van der Waals surface area contributed by atoms with Crippen LogP contribution in [0.5, 0.6) is 0 Å². The van der Waals surface area contributed by atoms with Crippen molar-refractivity contribution in [2.75, 3.05) is 0 Å². The first-order valence-electron chi connectivity index (χ1n) is 6.07. The summed E-state index contributed by atoms with van der Waals surface area (Å²) in [6, 6.07) is 13.3. The number of nitrogens with zero attached hydrogens (tertiary/aromatic N) is 1. The zero-order chi connectivity index (χ0) is 13.9. The molecule has 2 aromatic rings. The fourth-order valence-electron chi connectivity index (χ4n) is 2.04. The van der Waals surface area contributed by atoms with Gasteiger partial charge in [-0.1, -0.05) is 30.3 Å². The molecule has 0 saturated heterocycles. The largest absolute Gasteiger partial charge is 0.468 e. The van der Waals surface area contributed by atoms with E-state index in [2.05, 4.69) is 0 Å². The van der Waals surface area contributed by atoms with Gasteiger partial charge in [-0.3, -0.25) is 10.1 Å². The van der Waals surface area contributed by atoms with Crippen LogP contribution in [0.25, 0.3) is 4.91 Å². The van der Waals surface area contributed by atoms with Gasteiger partial charge in [-0.15, -0.1) is 11.8 Å². The Bertz CT molecular complexity index is 674. The molecule has 20 heavy (non-hydrogen) atoms. The van der Waals surface area contributed by atoms with Crippen molar-refractivity contribution in [1.29, 1.82) is 0 Å². The topological polar surface area (TPSA) is 56.3 Å². The maximum Gasteiger partial charge on any atom is 0.267 e. The van der Waals surface area contributed by atoms with Crippen LogP contribution in [-0.2, 0) is 0 Å². The predicted molar refractivity (Wildman–Crippen MR) is 78.5 cm³/mol. The van der Waals surface area contributed by atoms with Crippen LogP contribution in [0, 0.1) is 10.1 Å². The molecule has 0 saturated carbocycles. The third-order valence-corrected chi connectivity index (χ3v) is 4.32. The Labute approximate surface area is 119 Å². The van der Waals surface area contributed by atoms with Gasteiger partial charge in [-0.05, 0) is 23.8 Å². The van der Waals surface area contributed by atoms with Gasteiger partial charge in [0.25, 0.3) is 5.70 Å². The summed E-state index contributed by atoms with van der Waals surface area (Å²) in [5, 5.41) is 10.7. The highest BCUT2D eigenvalue weighted by Crippen LogP contribution is 2.47. The SMILES string of the molecule is O=[N+]([O-])C1=CC=C(c2ccccc2)SC1c1ccco1. The van der Waals surface area contributed by atoms with Gasteiger partial charge < -0.3 is 4.42 Å². The molecule has 0 aliphatic carbocycles. The van der Waals surface area contributed by atoms with E-state index in [1.54, 1.807) is 24.3 Å². The van der Waals surface area contributed by atoms with E-state index in [9.17, 15) is 10.1 Å². The van der Waals surface area contributed by atoms with Gasteiger partial charge in [0.1, 0.15) is 5.76 Å². The molecule has 1 aromatic heterocycles. The van der Waals surface area contributed by atoms with Crippen LogP contribution in [0.3, 0.4) is 0 Å². The van der Waals surface area contributed by atoms with Crippen molar-refractivity contribution in [1.82, 2.24) is 0 Å². The molecule has 1 aromatic carbocycles. The Hall–Kier alpha value is -2.27. The van der Waals surface area contributed by atoms with Crippen molar-refractivity contribution >= 4 is 16.7 Å². The lowest BCUT2D eigenvalue weighted by Gasteiger charge is -2.17. The molecule has 0 N–H and O–H groups in total. The monoisotopic (exact) mass is 285 g/mol. The third kappa shape index (κ3) is 2.40. The number of hydrogen-bond acceptors (Lipinski definition) is 4. The number of rotatable bonds is 3. The quantitative estimate of drug-likeness (QED) is 0.624. The zero-order valence-electron chi connectivity index (χ0n) is 10.4. The second-order valence-electron chi connectivity index (χ2n) is 4.26. The van der Waals surface area contributed by atoms with Crippen molar-refractivity contribution in [3.05, 3.63) is 88.0 Å². The first-order valence-corrected chi connectivity index (χ1v) is 6.95. The summed E-state index contributed by atoms with van der Waals surface area (Å²) >= 11 is 1.44. The number of furan rings is 1. The molecular formula is C15H11NO3S. The minimum Gasteiger partial charge on any atom is -0.468 e. The Kier molecular flexibility index (Phi) is 3.43. The van der Waals surface area contributed by atoms with Gasteiger partial charge in [-0.2, -0.15) is 0 Å². The van der Waals surface area contributed by atoms with Gasteiger partial charge >= 0.3 is 0 Å². The number of nitro groups is 1. The summed E-state index contributed by atoms with van der Waals surface area (Å²) in [6.07, 6.45) is 4.89. The number of benzene rings is 1. The molecular weight excluding hydrogens is 274 g/mol. The van der Waals surface area contributed by atoms with Crippen molar-refractivity contribution in [2.45, 2.75) is 5.25 Å². The molecule has 4 nitrogen and oxygen atoms in total. The molecule has 5 heteroatoms. The molecule has 0 spiro atoms. The minimum atomic E-state index is -0.416. The van der Waals surface area contributed by atoms with Crippen molar-refractivity contribution < 1.29 is 9.34 Å². The van der Waals surface area contributed by atoms with Crippen LogP contribution in [0.1, 0.15) is 16.6 Å². The summed E-state index contributed by atoms with van der Waals surface area (Å²) in [4.78, 5) is 11.8. The highest BCUT2D eigenvalue weighted by atomic mass is 32.2. The highest BCUT2D eigenvalue weighted by Gasteiger charge is 2.32. The summed E-state index contributed by atoms with van der Waals surface area (Å²) in [6.45, 7) is 0. The van der Waals surface area contributed by atoms with Gasteiger partial charge in [0.05, 0.1) is 11.2 Å². The van der Waals surface area contributed by atoms with Crippen LogP contribution < -0.4 is 0 Å². The molecule has 1 aliphatic rings. The van der Waals surface area contributed by atoms with Crippen LogP contribution >= 0.6 is 11.8 Å². The minimum absolute atomic E-state index is 0.143. The highest BCUT2D eigenvalue weighted by molar-refractivity contribution is 8.08. The van der Waals surface area contributed by atoms with Gasteiger partial charge in [-0.25, -0.2) is 0 Å². The Morgan fingerprint density at radius 3 is 2.55 bits per heavy atom. The summed E-state index contributed by atoms with van der Waals surface area (Å²) < 4.78 is 5.34. The summed E-state index contributed by atoms with van der Waals surface area (Å²) in [7, 11) is 0. The van der Waals surface area contributed by atoms with Crippen molar-refractivity contribution in [2.24, 2.45) is 0 Å². The van der Waals surface area contributed by atoms with Gasteiger partial charge in [0.15, 0.2) is 5.25 Å². The molecule has 2 heterocycles. The average Bonchev–Trinajstić information content (AvgIpc) is 3.01. The number of allylic oxidation sites excluding steroid dienone is 2. The molecule has 1 atom stereocenters. The average molecular weight is 285 g/mol. The first kappa shape index (κ1) is 12.7. The molecule has 0 fully saturated rings. The summed E-state index contributed by atoms with van der Waals surface area (Å²) in [5.74, 6) is 0.597. The summed E-state index contributed by atoms with van der Waals surface area (Å²) in [5.41, 5.74) is 1.19. The maximum absolute atomic E-state index is 11.2. The van der Waals surface area contributed by atoms with Crippen LogP contribution in [-0.4, -0.2) is 4.92 Å². The van der Waals surface area contributed by atoms with Crippen LogP contribution in [0.2, 0.25) is 0 Å². The van der Waals surface area contributed by atoms with Crippen molar-refractivity contribution in [3.8, 4) is 0 Å². The second kappa shape index (κ2) is 5.38. The Morgan fingerprint density at radius 1 is 1.10 bits per heavy atom. The smallest absolute Gasteiger partial charge is 0.267 e. The lowest BCUT2D eigenvalue weighted by Crippen LogP contribution is -2.09. The molecule has 0 amide bonds. The lowest BCUT2D eigenvalue weighted by molar-refractivity contribution is -0.427. The normalized spacial score (nSPS) is 18.3. The molecule has 3 rings (SSSR count). The van der Waals surface area contributed by atoms with Gasteiger partial charge in [0, 0.05) is 11.0 Å². The third-order valence-electron chi connectivity index (χ3n) is 2.99. The van der Waals surface area contributed by atoms with E-state index in [1.807, 2.05) is 30.3 Å². The van der Waals surface area contributed by atoms with Crippen molar-refractivity contribution in [3.63, 3.8) is 0 Å². The van der Waals surface area contributed by atoms with Gasteiger partial charge in [0.2, 0.25) is 0 Å². The number of hydrogen-bond donors (Lipinski definition) is 0. The molecule has 100 valence electrons. The van der Waals surface area contributed by atoms with E-state index in [0.29, 0.717) is 5.76 Å². The molecule has 1 aliphatic heterocycles. The maximum atomic E-state index is 11.2. The van der Waals surface area contributed by atoms with E-state index in [-0.39, 0.29) is 10.6 Å². The lowest BCUT2D eigenvalue weighted by atomic mass is 10.1. The van der Waals surface area contributed by atoms with Crippen LogP contribution in [0.4, 0.5) is 0 Å². The van der Waals surface area contributed by atoms with E-state index in [4.69, 9.17) is 4.42 Å². The first-order chi connectivity index (χ1) is 9.75. The Balaban J connectivity index is 1.99. The number of thioether (sulfide) groups is 1. The molecule has 0 radical (unpaired) electrons. The predicted octanol–water partition coefficient (Wildman–Crippen LogP) is 4.27.